The van der Waals surface area contributed by atoms with E-state index in [9.17, 15) is 18.0 Å². The number of carbonyl (C=O) groups excluding carboxylic acids is 1. The number of fused-ring (bicyclic) bond motifs is 1. The van der Waals surface area contributed by atoms with E-state index in [2.05, 4.69) is 15.6 Å². The van der Waals surface area contributed by atoms with Crippen LogP contribution in [0.1, 0.15) is 27.2 Å². The number of nitrogens with zero attached hydrogens (tertiary/aromatic N) is 1. The van der Waals surface area contributed by atoms with Crippen molar-refractivity contribution in [3.63, 3.8) is 0 Å². The van der Waals surface area contributed by atoms with Crippen molar-refractivity contribution in [2.45, 2.75) is 25.1 Å². The zero-order chi connectivity index (χ0) is 21.3. The average Bonchev–Trinajstić information content (AvgIpc) is 3.09. The fourth-order valence-electron chi connectivity index (χ4n) is 3.54. The number of anilines is 3. The minimum Gasteiger partial charge on any atom is -0.399 e. The first-order chi connectivity index (χ1) is 14.3. The van der Waals surface area contributed by atoms with E-state index >= 15 is 0 Å². The molecule has 1 amide bonds. The smallest absolute Gasteiger partial charge is 0.399 e. The molecule has 0 unspecified atom stereocenters. The van der Waals surface area contributed by atoms with E-state index in [1.54, 1.807) is 0 Å². The first kappa shape index (κ1) is 22.4. The van der Waals surface area contributed by atoms with E-state index in [4.69, 9.17) is 5.73 Å². The Morgan fingerprint density at radius 2 is 1.61 bits per heavy atom. The lowest BCUT2D eigenvalue weighted by Gasteiger charge is -2.14. The molecule has 1 aliphatic rings. The molecule has 1 aliphatic carbocycles. The number of carbonyl (C=O) groups is 1. The summed E-state index contributed by atoms with van der Waals surface area (Å²) in [5.74, 6) is -0.0785. The summed E-state index contributed by atoms with van der Waals surface area (Å²) in [5.41, 5.74) is 8.45. The molecule has 1 aromatic heterocycles. The van der Waals surface area contributed by atoms with E-state index < -0.39 is 11.7 Å². The SMILES string of the molecule is Cl.Nc1cc(Nc2ccc(C(F)(F)F)cc2)nc(C(=O)NC2Cc3ccccc3C2)c1. The highest BCUT2D eigenvalue weighted by atomic mass is 35.5. The van der Waals surface area contributed by atoms with E-state index in [1.165, 1.54) is 35.4 Å². The van der Waals surface area contributed by atoms with Crippen molar-refractivity contribution < 1.29 is 18.0 Å². The number of pyridine rings is 1. The topological polar surface area (TPSA) is 80.0 Å². The minimum absolute atomic E-state index is 0. The lowest BCUT2D eigenvalue weighted by molar-refractivity contribution is -0.137. The van der Waals surface area contributed by atoms with Gasteiger partial charge in [-0.3, -0.25) is 4.79 Å². The minimum atomic E-state index is -4.40. The number of nitrogens with two attached hydrogens (primary N) is 1. The number of hydrogen-bond donors (Lipinski definition) is 3. The number of amides is 1. The van der Waals surface area contributed by atoms with Gasteiger partial charge in [-0.05, 0) is 54.3 Å². The van der Waals surface area contributed by atoms with Crippen molar-refractivity contribution in [3.8, 4) is 0 Å². The van der Waals surface area contributed by atoms with Gasteiger partial charge in [0.25, 0.3) is 5.91 Å². The fourth-order valence-corrected chi connectivity index (χ4v) is 3.54. The summed E-state index contributed by atoms with van der Waals surface area (Å²) in [5, 5.41) is 5.86. The van der Waals surface area contributed by atoms with Crippen molar-refractivity contribution >= 4 is 35.5 Å². The summed E-state index contributed by atoms with van der Waals surface area (Å²) < 4.78 is 38.1. The van der Waals surface area contributed by atoms with E-state index in [0.29, 0.717) is 11.4 Å². The van der Waals surface area contributed by atoms with Gasteiger partial charge in [-0.15, -0.1) is 12.4 Å². The summed E-state index contributed by atoms with van der Waals surface area (Å²) in [6, 6.07) is 15.5. The molecule has 5 nitrogen and oxygen atoms in total. The Labute approximate surface area is 183 Å². The predicted octanol–water partition coefficient (Wildman–Crippen LogP) is 4.75. The molecule has 31 heavy (non-hydrogen) atoms. The maximum absolute atomic E-state index is 12.7. The molecule has 0 spiro atoms. The van der Waals surface area contributed by atoms with Gasteiger partial charge in [0.15, 0.2) is 0 Å². The highest BCUT2D eigenvalue weighted by molar-refractivity contribution is 5.94. The molecular formula is C22H20ClF3N4O. The molecule has 4 N–H and O–H groups in total. The standard InChI is InChI=1S/C22H19F3N4O.ClH/c23-22(24,25)15-5-7-17(8-6-15)27-20-12-16(26)11-19(29-20)21(30)28-18-9-13-3-1-2-4-14(13)10-18;/h1-8,11-12,18H,9-10H2,(H,28,30)(H3,26,27,29);1H. The normalized spacial score (nSPS) is 13.3. The predicted molar refractivity (Wildman–Crippen MR) is 116 cm³/mol. The van der Waals surface area contributed by atoms with Crippen LogP contribution >= 0.6 is 12.4 Å². The molecule has 0 saturated heterocycles. The van der Waals surface area contributed by atoms with Crippen LogP contribution in [0.3, 0.4) is 0 Å². The molecular weight excluding hydrogens is 429 g/mol. The molecule has 9 heteroatoms. The van der Waals surface area contributed by atoms with Gasteiger partial charge in [-0.1, -0.05) is 24.3 Å². The van der Waals surface area contributed by atoms with Crippen LogP contribution in [0, 0.1) is 0 Å². The van der Waals surface area contributed by atoms with Crippen LogP contribution < -0.4 is 16.4 Å². The lowest BCUT2D eigenvalue weighted by Crippen LogP contribution is -2.35. The summed E-state index contributed by atoms with van der Waals surface area (Å²) in [7, 11) is 0. The van der Waals surface area contributed by atoms with Gasteiger partial charge in [0.05, 0.1) is 5.56 Å². The van der Waals surface area contributed by atoms with Crippen LogP contribution in [0.25, 0.3) is 0 Å². The fraction of sp³-hybridized carbons (Fsp3) is 0.182. The van der Waals surface area contributed by atoms with Crippen molar-refractivity contribution in [2.75, 3.05) is 11.1 Å². The summed E-state index contributed by atoms with van der Waals surface area (Å²) in [6.45, 7) is 0. The number of nitrogens with one attached hydrogen (secondary N) is 2. The Morgan fingerprint density at radius 1 is 1.00 bits per heavy atom. The van der Waals surface area contributed by atoms with Gasteiger partial charge in [-0.25, -0.2) is 4.98 Å². The number of rotatable bonds is 4. The van der Waals surface area contributed by atoms with Gasteiger partial charge < -0.3 is 16.4 Å². The second-order valence-corrected chi connectivity index (χ2v) is 7.22. The Morgan fingerprint density at radius 3 is 2.19 bits per heavy atom. The van der Waals surface area contributed by atoms with Crippen molar-refractivity contribution in [1.29, 1.82) is 0 Å². The third-order valence-electron chi connectivity index (χ3n) is 4.95. The molecule has 4 rings (SSSR count). The zero-order valence-corrected chi connectivity index (χ0v) is 17.1. The van der Waals surface area contributed by atoms with Gasteiger partial charge in [-0.2, -0.15) is 13.2 Å². The molecule has 0 atom stereocenters. The third-order valence-corrected chi connectivity index (χ3v) is 4.95. The first-order valence-corrected chi connectivity index (χ1v) is 9.37. The van der Waals surface area contributed by atoms with Crippen molar-refractivity contribution in [3.05, 3.63) is 83.0 Å². The molecule has 0 aliphatic heterocycles. The summed E-state index contributed by atoms with van der Waals surface area (Å²) in [4.78, 5) is 16.9. The maximum Gasteiger partial charge on any atom is 0.416 e. The molecule has 0 saturated carbocycles. The summed E-state index contributed by atoms with van der Waals surface area (Å²) >= 11 is 0. The van der Waals surface area contributed by atoms with Crippen LogP contribution in [-0.2, 0) is 19.0 Å². The average molecular weight is 449 g/mol. The zero-order valence-electron chi connectivity index (χ0n) is 16.2. The highest BCUT2D eigenvalue weighted by Crippen LogP contribution is 2.30. The van der Waals surface area contributed by atoms with Gasteiger partial charge in [0.2, 0.25) is 0 Å². The second kappa shape index (κ2) is 8.85. The monoisotopic (exact) mass is 448 g/mol. The molecule has 0 fully saturated rings. The number of halogens is 4. The Balaban J connectivity index is 0.00000272. The second-order valence-electron chi connectivity index (χ2n) is 7.22. The van der Waals surface area contributed by atoms with E-state index in [-0.39, 0.29) is 35.9 Å². The molecule has 3 aromatic rings. The van der Waals surface area contributed by atoms with Crippen LogP contribution in [0.5, 0.6) is 0 Å². The highest BCUT2D eigenvalue weighted by Gasteiger charge is 2.30. The van der Waals surface area contributed by atoms with Crippen LogP contribution in [0.15, 0.2) is 60.7 Å². The lowest BCUT2D eigenvalue weighted by atomic mass is 10.1. The van der Waals surface area contributed by atoms with Crippen LogP contribution in [0.4, 0.5) is 30.4 Å². The molecule has 1 heterocycles. The number of benzene rings is 2. The van der Waals surface area contributed by atoms with Crippen LogP contribution in [0.2, 0.25) is 0 Å². The van der Waals surface area contributed by atoms with Gasteiger partial charge in [0, 0.05) is 23.5 Å². The first-order valence-electron chi connectivity index (χ1n) is 9.37. The Hall–Kier alpha value is -3.26. The summed E-state index contributed by atoms with van der Waals surface area (Å²) in [6.07, 6.45) is -2.90. The Kier molecular flexibility index (Phi) is 6.40. The van der Waals surface area contributed by atoms with Crippen molar-refractivity contribution in [2.24, 2.45) is 0 Å². The maximum atomic E-state index is 12.7. The third kappa shape index (κ3) is 5.27. The largest absolute Gasteiger partial charge is 0.416 e. The van der Waals surface area contributed by atoms with Gasteiger partial charge >= 0.3 is 6.18 Å². The van der Waals surface area contributed by atoms with Crippen LogP contribution in [-0.4, -0.2) is 16.9 Å². The quantitative estimate of drug-likeness (QED) is 0.538. The number of nitrogen functional groups attached to an aromatic ring is 1. The number of hydrogen-bond acceptors (Lipinski definition) is 4. The van der Waals surface area contributed by atoms with Gasteiger partial charge in [0.1, 0.15) is 11.5 Å². The van der Waals surface area contributed by atoms with E-state index in [0.717, 1.165) is 25.0 Å². The Bertz CT molecular complexity index is 1060. The molecule has 0 radical (unpaired) electrons. The molecule has 2 aromatic carbocycles. The molecule has 0 bridgehead atoms. The van der Waals surface area contributed by atoms with Crippen molar-refractivity contribution in [1.82, 2.24) is 10.3 Å². The van der Waals surface area contributed by atoms with E-state index in [1.807, 2.05) is 24.3 Å². The number of aromatic nitrogens is 1. The number of alkyl halides is 3. The molecule has 162 valence electrons.